The van der Waals surface area contributed by atoms with Crippen molar-refractivity contribution in [2.24, 2.45) is 0 Å². The Morgan fingerprint density at radius 2 is 2.00 bits per heavy atom. The van der Waals surface area contributed by atoms with Gasteiger partial charge in [-0.1, -0.05) is 29.8 Å². The van der Waals surface area contributed by atoms with Crippen molar-refractivity contribution >= 4 is 39.9 Å². The fourth-order valence-electron chi connectivity index (χ4n) is 1.69. The molecule has 2 aromatic rings. The van der Waals surface area contributed by atoms with Crippen molar-refractivity contribution in [2.75, 3.05) is 11.9 Å². The van der Waals surface area contributed by atoms with E-state index in [0.29, 0.717) is 5.02 Å². The van der Waals surface area contributed by atoms with Gasteiger partial charge in [-0.05, 0) is 46.9 Å². The van der Waals surface area contributed by atoms with Crippen LogP contribution in [0.15, 0.2) is 42.5 Å². The summed E-state index contributed by atoms with van der Waals surface area (Å²) in [6, 6.07) is 11.7. The Hall–Kier alpha value is -0.850. The molecular formula is C14H12ClFINO. The molecule has 0 fully saturated rings. The highest BCUT2D eigenvalue weighted by Gasteiger charge is 2.12. The van der Waals surface area contributed by atoms with Crippen molar-refractivity contribution in [3.05, 3.63) is 62.4 Å². The van der Waals surface area contributed by atoms with Crippen LogP contribution >= 0.6 is 34.2 Å². The summed E-state index contributed by atoms with van der Waals surface area (Å²) in [5.41, 5.74) is 0.995. The van der Waals surface area contributed by atoms with Crippen molar-refractivity contribution in [1.29, 1.82) is 0 Å². The van der Waals surface area contributed by atoms with E-state index in [9.17, 15) is 9.50 Å². The molecule has 0 aromatic heterocycles. The predicted octanol–water partition coefficient (Wildman–Crippen LogP) is 4.23. The SMILES string of the molecule is OC(CNc1ccc(I)cc1Cl)c1ccccc1F. The standard InChI is InChI=1S/C14H12ClFINO/c15-11-7-9(17)5-6-13(11)18-8-14(19)10-3-1-2-4-12(10)16/h1-7,14,18-19H,8H2. The number of benzene rings is 2. The molecule has 0 aliphatic carbocycles. The quantitative estimate of drug-likeness (QED) is 0.765. The van der Waals surface area contributed by atoms with Gasteiger partial charge < -0.3 is 10.4 Å². The number of rotatable bonds is 4. The summed E-state index contributed by atoms with van der Waals surface area (Å²) in [6.45, 7) is 0.196. The van der Waals surface area contributed by atoms with E-state index >= 15 is 0 Å². The van der Waals surface area contributed by atoms with Gasteiger partial charge in [-0.2, -0.15) is 0 Å². The fraction of sp³-hybridized carbons (Fsp3) is 0.143. The van der Waals surface area contributed by atoms with Crippen molar-refractivity contribution in [1.82, 2.24) is 0 Å². The third-order valence-electron chi connectivity index (χ3n) is 2.68. The minimum Gasteiger partial charge on any atom is -0.386 e. The summed E-state index contributed by atoms with van der Waals surface area (Å²) in [6.07, 6.45) is -0.920. The third kappa shape index (κ3) is 3.81. The van der Waals surface area contributed by atoms with E-state index in [4.69, 9.17) is 11.6 Å². The van der Waals surface area contributed by atoms with Crippen molar-refractivity contribution in [3.8, 4) is 0 Å². The van der Waals surface area contributed by atoms with E-state index in [0.717, 1.165) is 9.26 Å². The largest absolute Gasteiger partial charge is 0.386 e. The number of anilines is 1. The zero-order chi connectivity index (χ0) is 13.8. The Balaban J connectivity index is 2.04. The van der Waals surface area contributed by atoms with Crippen LogP contribution < -0.4 is 5.32 Å². The second-order valence-corrected chi connectivity index (χ2v) is 5.70. The maximum Gasteiger partial charge on any atom is 0.129 e. The molecule has 100 valence electrons. The summed E-state index contributed by atoms with van der Waals surface area (Å²) < 4.78 is 14.5. The smallest absolute Gasteiger partial charge is 0.129 e. The molecule has 0 radical (unpaired) electrons. The van der Waals surface area contributed by atoms with Crippen LogP contribution in [0.3, 0.4) is 0 Å². The number of hydrogen-bond donors (Lipinski definition) is 2. The van der Waals surface area contributed by atoms with Gasteiger partial charge in [0.15, 0.2) is 0 Å². The molecule has 2 aromatic carbocycles. The van der Waals surface area contributed by atoms with Crippen LogP contribution in [0.25, 0.3) is 0 Å². The Bertz CT molecular complexity index is 579. The number of halogens is 3. The van der Waals surface area contributed by atoms with Gasteiger partial charge in [-0.25, -0.2) is 4.39 Å². The molecule has 0 bridgehead atoms. The van der Waals surface area contributed by atoms with Crippen LogP contribution in [-0.2, 0) is 0 Å². The van der Waals surface area contributed by atoms with Crippen LogP contribution in [0.1, 0.15) is 11.7 Å². The summed E-state index contributed by atoms with van der Waals surface area (Å²) in [5.74, 6) is -0.412. The molecule has 2 nitrogen and oxygen atoms in total. The van der Waals surface area contributed by atoms with Gasteiger partial charge in [0.05, 0.1) is 16.8 Å². The molecule has 0 spiro atoms. The average Bonchev–Trinajstić information content (AvgIpc) is 2.38. The van der Waals surface area contributed by atoms with Gasteiger partial charge in [0.2, 0.25) is 0 Å². The predicted molar refractivity (Wildman–Crippen MR) is 84.0 cm³/mol. The van der Waals surface area contributed by atoms with Crippen LogP contribution in [0.2, 0.25) is 5.02 Å². The second-order valence-electron chi connectivity index (χ2n) is 4.04. The van der Waals surface area contributed by atoms with Gasteiger partial charge in [-0.15, -0.1) is 0 Å². The van der Waals surface area contributed by atoms with E-state index < -0.39 is 11.9 Å². The molecule has 5 heteroatoms. The lowest BCUT2D eigenvalue weighted by Crippen LogP contribution is -2.13. The lowest BCUT2D eigenvalue weighted by Gasteiger charge is -2.14. The Morgan fingerprint density at radius 3 is 2.68 bits per heavy atom. The lowest BCUT2D eigenvalue weighted by molar-refractivity contribution is 0.186. The highest BCUT2D eigenvalue weighted by atomic mass is 127. The van der Waals surface area contributed by atoms with Gasteiger partial charge in [0.25, 0.3) is 0 Å². The van der Waals surface area contributed by atoms with E-state index in [1.807, 2.05) is 18.2 Å². The monoisotopic (exact) mass is 391 g/mol. The van der Waals surface area contributed by atoms with Crippen molar-refractivity contribution in [3.63, 3.8) is 0 Å². The maximum atomic E-state index is 13.5. The molecule has 0 heterocycles. The fourth-order valence-corrected chi connectivity index (χ4v) is 2.62. The first-order valence-electron chi connectivity index (χ1n) is 5.69. The second kappa shape index (κ2) is 6.54. The number of aliphatic hydroxyl groups is 1. The lowest BCUT2D eigenvalue weighted by atomic mass is 10.1. The van der Waals surface area contributed by atoms with E-state index in [-0.39, 0.29) is 12.1 Å². The van der Waals surface area contributed by atoms with Crippen LogP contribution in [0.5, 0.6) is 0 Å². The third-order valence-corrected chi connectivity index (χ3v) is 3.66. The molecule has 2 rings (SSSR count). The molecule has 0 aliphatic rings. The molecular weight excluding hydrogens is 380 g/mol. The summed E-state index contributed by atoms with van der Waals surface area (Å²) >= 11 is 8.23. The highest BCUT2D eigenvalue weighted by molar-refractivity contribution is 14.1. The topological polar surface area (TPSA) is 32.3 Å². The van der Waals surface area contributed by atoms with E-state index in [1.165, 1.54) is 6.07 Å². The molecule has 19 heavy (non-hydrogen) atoms. The van der Waals surface area contributed by atoms with Gasteiger partial charge in [0, 0.05) is 15.7 Å². The molecule has 0 saturated heterocycles. The molecule has 0 amide bonds. The molecule has 1 unspecified atom stereocenters. The van der Waals surface area contributed by atoms with Crippen LogP contribution in [0, 0.1) is 9.39 Å². The highest BCUT2D eigenvalue weighted by Crippen LogP contribution is 2.25. The number of hydrogen-bond acceptors (Lipinski definition) is 2. The Labute approximate surface area is 129 Å². The normalized spacial score (nSPS) is 12.2. The zero-order valence-corrected chi connectivity index (χ0v) is 12.8. The first kappa shape index (κ1) is 14.6. The summed E-state index contributed by atoms with van der Waals surface area (Å²) in [5, 5.41) is 13.6. The van der Waals surface area contributed by atoms with Gasteiger partial charge in [-0.3, -0.25) is 0 Å². The first-order chi connectivity index (χ1) is 9.08. The van der Waals surface area contributed by atoms with Crippen molar-refractivity contribution < 1.29 is 9.50 Å². The Morgan fingerprint density at radius 1 is 1.26 bits per heavy atom. The number of nitrogens with one attached hydrogen (secondary N) is 1. The first-order valence-corrected chi connectivity index (χ1v) is 7.15. The molecule has 0 aliphatic heterocycles. The zero-order valence-electron chi connectivity index (χ0n) is 9.91. The Kier molecular flexibility index (Phi) is 5.01. The van der Waals surface area contributed by atoms with Crippen molar-refractivity contribution in [2.45, 2.75) is 6.10 Å². The van der Waals surface area contributed by atoms with Gasteiger partial charge >= 0.3 is 0 Å². The number of aliphatic hydroxyl groups excluding tert-OH is 1. The molecule has 0 saturated carbocycles. The van der Waals surface area contributed by atoms with Crippen LogP contribution in [-0.4, -0.2) is 11.7 Å². The summed E-state index contributed by atoms with van der Waals surface area (Å²) in [7, 11) is 0. The van der Waals surface area contributed by atoms with Gasteiger partial charge in [0.1, 0.15) is 5.82 Å². The van der Waals surface area contributed by atoms with E-state index in [2.05, 4.69) is 27.9 Å². The minimum absolute atomic E-state index is 0.196. The van der Waals surface area contributed by atoms with E-state index in [1.54, 1.807) is 18.2 Å². The minimum atomic E-state index is -0.920. The average molecular weight is 392 g/mol. The molecule has 1 atom stereocenters. The summed E-state index contributed by atoms with van der Waals surface area (Å²) in [4.78, 5) is 0. The maximum absolute atomic E-state index is 13.5. The molecule has 2 N–H and O–H groups in total. The van der Waals surface area contributed by atoms with Crippen LogP contribution in [0.4, 0.5) is 10.1 Å².